The molecule has 1 fully saturated rings. The van der Waals surface area contributed by atoms with E-state index in [9.17, 15) is 9.59 Å². The molecule has 4 rings (SSSR count). The number of carboxylic acids is 2. The molecule has 0 radical (unpaired) electrons. The summed E-state index contributed by atoms with van der Waals surface area (Å²) in [6.45, 7) is 4.89. The molecular weight excluding hydrogens is 418 g/mol. The van der Waals surface area contributed by atoms with E-state index < -0.39 is 11.9 Å². The summed E-state index contributed by atoms with van der Waals surface area (Å²) < 4.78 is 7.89. The Morgan fingerprint density at radius 1 is 1.06 bits per heavy atom. The zero-order chi connectivity index (χ0) is 22.1. The molecule has 0 bridgehead atoms. The third-order valence-electron chi connectivity index (χ3n) is 4.63. The molecule has 0 atom stereocenters. The zero-order valence-electron chi connectivity index (χ0n) is 17.0. The van der Waals surface area contributed by atoms with Gasteiger partial charge in [0.1, 0.15) is 0 Å². The van der Waals surface area contributed by atoms with E-state index in [1.807, 2.05) is 6.07 Å². The lowest BCUT2D eigenvalue weighted by molar-refractivity contribution is -0.134. The van der Waals surface area contributed by atoms with Crippen LogP contribution in [0.15, 0.2) is 54.9 Å². The molecule has 1 saturated heterocycles. The molecule has 164 valence electrons. The largest absolute Gasteiger partial charge is 0.478 e. The molecule has 8 nitrogen and oxygen atoms in total. The van der Waals surface area contributed by atoms with E-state index in [0.29, 0.717) is 18.8 Å². The summed E-state index contributed by atoms with van der Waals surface area (Å²) in [5.41, 5.74) is 2.25. The van der Waals surface area contributed by atoms with Crippen LogP contribution in [-0.2, 0) is 20.9 Å². The summed E-state index contributed by atoms with van der Waals surface area (Å²) in [4.78, 5) is 28.5. The van der Waals surface area contributed by atoms with Crippen LogP contribution in [0.3, 0.4) is 0 Å². The van der Waals surface area contributed by atoms with Crippen molar-refractivity contribution < 1.29 is 24.5 Å². The van der Waals surface area contributed by atoms with Gasteiger partial charge < -0.3 is 19.8 Å². The van der Waals surface area contributed by atoms with Crippen LogP contribution in [0.2, 0.25) is 0 Å². The van der Waals surface area contributed by atoms with E-state index in [1.54, 1.807) is 11.3 Å². The number of benzene rings is 1. The number of nitrogens with zero attached hydrogens (tertiary/aromatic N) is 3. The Morgan fingerprint density at radius 3 is 2.35 bits per heavy atom. The predicted molar refractivity (Wildman–Crippen MR) is 118 cm³/mol. The SMILES string of the molecule is O=C(O)/C=C\C(=O)O.c1ccc(-c2cn3cc(COCCN4CCCC4)nc3s2)cc1. The Hall–Kier alpha value is -3.01. The third kappa shape index (κ3) is 7.32. The highest BCUT2D eigenvalue weighted by atomic mass is 32.1. The first kappa shape index (κ1) is 22.7. The Labute approximate surface area is 184 Å². The van der Waals surface area contributed by atoms with Gasteiger partial charge >= 0.3 is 11.9 Å². The Kier molecular flexibility index (Phi) is 8.34. The average Bonchev–Trinajstić information content (AvgIpc) is 3.47. The molecule has 0 amide bonds. The second-order valence-corrected chi connectivity index (χ2v) is 8.00. The third-order valence-corrected chi connectivity index (χ3v) is 5.68. The molecule has 0 unspecified atom stereocenters. The number of carbonyl (C=O) groups is 2. The van der Waals surface area contributed by atoms with Crippen LogP contribution in [-0.4, -0.2) is 62.7 Å². The lowest BCUT2D eigenvalue weighted by Gasteiger charge is -2.13. The quantitative estimate of drug-likeness (QED) is 0.406. The van der Waals surface area contributed by atoms with Crippen molar-refractivity contribution in [3.8, 4) is 10.4 Å². The Morgan fingerprint density at radius 2 is 1.74 bits per heavy atom. The van der Waals surface area contributed by atoms with Crippen LogP contribution in [0.4, 0.5) is 0 Å². The molecule has 0 saturated carbocycles. The van der Waals surface area contributed by atoms with Crippen LogP contribution in [0, 0.1) is 0 Å². The van der Waals surface area contributed by atoms with Gasteiger partial charge in [-0.1, -0.05) is 41.7 Å². The number of ether oxygens (including phenoxy) is 1. The topological polar surface area (TPSA) is 104 Å². The molecule has 31 heavy (non-hydrogen) atoms. The fourth-order valence-corrected chi connectivity index (χ4v) is 4.16. The molecule has 1 aliphatic rings. The number of imidazole rings is 1. The van der Waals surface area contributed by atoms with Crippen LogP contribution < -0.4 is 0 Å². The molecule has 0 spiro atoms. The van der Waals surface area contributed by atoms with Gasteiger partial charge in [-0.3, -0.25) is 4.40 Å². The van der Waals surface area contributed by atoms with Gasteiger partial charge in [0.05, 0.1) is 23.8 Å². The van der Waals surface area contributed by atoms with E-state index in [4.69, 9.17) is 14.9 Å². The van der Waals surface area contributed by atoms with Gasteiger partial charge in [0.15, 0.2) is 4.96 Å². The minimum atomic E-state index is -1.26. The van der Waals surface area contributed by atoms with Crippen molar-refractivity contribution in [2.24, 2.45) is 0 Å². The number of hydrogen-bond donors (Lipinski definition) is 2. The van der Waals surface area contributed by atoms with Crippen molar-refractivity contribution in [1.82, 2.24) is 14.3 Å². The second kappa shape index (κ2) is 11.4. The number of aromatic nitrogens is 2. The van der Waals surface area contributed by atoms with E-state index in [1.165, 1.54) is 36.4 Å². The highest BCUT2D eigenvalue weighted by Gasteiger charge is 2.11. The first-order valence-electron chi connectivity index (χ1n) is 9.98. The first-order valence-corrected chi connectivity index (χ1v) is 10.8. The smallest absolute Gasteiger partial charge is 0.328 e. The van der Waals surface area contributed by atoms with Crippen molar-refractivity contribution in [3.63, 3.8) is 0 Å². The van der Waals surface area contributed by atoms with Crippen LogP contribution in [0.1, 0.15) is 18.5 Å². The van der Waals surface area contributed by atoms with E-state index >= 15 is 0 Å². The number of likely N-dealkylation sites (tertiary alicyclic amines) is 1. The molecule has 3 heterocycles. The highest BCUT2D eigenvalue weighted by Crippen LogP contribution is 2.28. The normalized spacial score (nSPS) is 14.1. The van der Waals surface area contributed by atoms with Gasteiger partial charge in [-0.2, -0.15) is 0 Å². The van der Waals surface area contributed by atoms with E-state index in [2.05, 4.69) is 50.9 Å². The minimum absolute atomic E-state index is 0.558. The van der Waals surface area contributed by atoms with Gasteiger partial charge in [-0.15, -0.1) is 0 Å². The summed E-state index contributed by atoms with van der Waals surface area (Å²) in [7, 11) is 0. The number of hydrogen-bond acceptors (Lipinski definition) is 6. The van der Waals surface area contributed by atoms with Crippen molar-refractivity contribution in [2.45, 2.75) is 19.4 Å². The van der Waals surface area contributed by atoms with Crippen molar-refractivity contribution >= 4 is 28.2 Å². The first-order chi connectivity index (χ1) is 15.0. The lowest BCUT2D eigenvalue weighted by Crippen LogP contribution is -2.23. The van der Waals surface area contributed by atoms with Gasteiger partial charge in [0, 0.05) is 31.1 Å². The second-order valence-electron chi connectivity index (χ2n) is 6.99. The maximum Gasteiger partial charge on any atom is 0.328 e. The van der Waals surface area contributed by atoms with Crippen LogP contribution in [0.25, 0.3) is 15.4 Å². The number of aliphatic carboxylic acids is 2. The van der Waals surface area contributed by atoms with Gasteiger partial charge in [0.2, 0.25) is 0 Å². The van der Waals surface area contributed by atoms with Gasteiger partial charge in [-0.25, -0.2) is 14.6 Å². The standard InChI is InChI=1S/C18H21N3OS.C4H4O4/c1-2-6-15(7-3-1)17-13-21-12-16(19-18(21)23-17)14-22-11-10-20-8-4-5-9-20;5-3(6)1-2-4(7)8/h1-3,6-7,12-13H,4-5,8-11,14H2;1-2H,(H,5,6)(H,7,8)/b;2-1-. The maximum absolute atomic E-state index is 9.55. The summed E-state index contributed by atoms with van der Waals surface area (Å²) in [6.07, 6.45) is 8.01. The molecule has 2 aromatic heterocycles. The van der Waals surface area contributed by atoms with Gasteiger partial charge in [0.25, 0.3) is 0 Å². The summed E-state index contributed by atoms with van der Waals surface area (Å²) in [6, 6.07) is 10.4. The lowest BCUT2D eigenvalue weighted by atomic mass is 10.2. The van der Waals surface area contributed by atoms with Crippen LogP contribution >= 0.6 is 11.3 Å². The number of fused-ring (bicyclic) bond motifs is 1. The van der Waals surface area contributed by atoms with Crippen molar-refractivity contribution in [1.29, 1.82) is 0 Å². The summed E-state index contributed by atoms with van der Waals surface area (Å²) >= 11 is 1.72. The zero-order valence-corrected chi connectivity index (χ0v) is 17.8. The molecule has 1 aromatic carbocycles. The summed E-state index contributed by atoms with van der Waals surface area (Å²) in [5, 5.41) is 15.6. The Bertz CT molecular complexity index is 975. The molecular formula is C22H25N3O5S. The molecule has 2 N–H and O–H groups in total. The fraction of sp³-hybridized carbons (Fsp3) is 0.318. The predicted octanol–water partition coefficient (Wildman–Crippen LogP) is 3.39. The molecule has 3 aromatic rings. The van der Waals surface area contributed by atoms with Crippen molar-refractivity contribution in [2.75, 3.05) is 26.2 Å². The van der Waals surface area contributed by atoms with E-state index in [-0.39, 0.29) is 0 Å². The minimum Gasteiger partial charge on any atom is -0.478 e. The Balaban J connectivity index is 0.000000293. The van der Waals surface area contributed by atoms with Crippen LogP contribution in [0.5, 0.6) is 0 Å². The summed E-state index contributed by atoms with van der Waals surface area (Å²) in [5.74, 6) is -2.51. The molecule has 9 heteroatoms. The van der Waals surface area contributed by atoms with Gasteiger partial charge in [-0.05, 0) is 31.5 Å². The maximum atomic E-state index is 9.55. The number of carboxylic acid groups (broad SMARTS) is 2. The van der Waals surface area contributed by atoms with Crippen molar-refractivity contribution in [3.05, 3.63) is 60.6 Å². The fourth-order valence-electron chi connectivity index (χ4n) is 3.17. The van der Waals surface area contributed by atoms with E-state index in [0.717, 1.165) is 23.8 Å². The number of thiazole rings is 1. The highest BCUT2D eigenvalue weighted by molar-refractivity contribution is 7.20. The molecule has 1 aliphatic heterocycles. The monoisotopic (exact) mass is 443 g/mol. The average molecular weight is 444 g/mol. The number of rotatable bonds is 8. The molecule has 0 aliphatic carbocycles.